The van der Waals surface area contributed by atoms with Gasteiger partial charge in [0, 0.05) is 24.0 Å². The van der Waals surface area contributed by atoms with E-state index in [0.717, 1.165) is 7.11 Å². The van der Waals surface area contributed by atoms with E-state index >= 15 is 0 Å². The summed E-state index contributed by atoms with van der Waals surface area (Å²) >= 11 is 0. The van der Waals surface area contributed by atoms with E-state index in [0.29, 0.717) is 41.4 Å². The van der Waals surface area contributed by atoms with Gasteiger partial charge in [-0.15, -0.1) is 0 Å². The molecule has 0 spiro atoms. The van der Waals surface area contributed by atoms with Gasteiger partial charge in [0.1, 0.15) is 17.5 Å². The highest BCUT2D eigenvalue weighted by Gasteiger charge is 2.23. The van der Waals surface area contributed by atoms with Crippen molar-refractivity contribution in [3.8, 4) is 5.75 Å². The predicted molar refractivity (Wildman–Crippen MR) is 111 cm³/mol. The Hall–Kier alpha value is -3.82. The number of anilines is 4. The predicted octanol–water partition coefficient (Wildman–Crippen LogP) is 4.64. The molecule has 162 valence electrons. The van der Waals surface area contributed by atoms with Crippen LogP contribution in [0.5, 0.6) is 5.75 Å². The van der Waals surface area contributed by atoms with E-state index in [1.54, 1.807) is 37.3 Å². The number of carbonyl (C=O) groups is 1. The zero-order valence-corrected chi connectivity index (χ0v) is 17.0. The van der Waals surface area contributed by atoms with Crippen LogP contribution in [0.3, 0.4) is 0 Å². The van der Waals surface area contributed by atoms with E-state index in [1.807, 2.05) is 6.92 Å². The first-order chi connectivity index (χ1) is 14.8. The van der Waals surface area contributed by atoms with Gasteiger partial charge in [-0.05, 0) is 44.2 Å². The molecule has 10 heteroatoms. The molecule has 7 nitrogen and oxygen atoms in total. The summed E-state index contributed by atoms with van der Waals surface area (Å²) in [6.07, 6.45) is 0. The molecule has 3 aromatic rings. The molecule has 1 amide bonds. The molecule has 0 fully saturated rings. The smallest absolute Gasteiger partial charge is 0.258 e. The second-order valence-corrected chi connectivity index (χ2v) is 6.44. The minimum Gasteiger partial charge on any atom is -0.491 e. The first kappa shape index (κ1) is 21.9. The fraction of sp³-hybridized carbons (Fsp3) is 0.190. The number of aryl methyl sites for hydroxylation is 1. The molecular formula is C21H20F3N5O2. The van der Waals surface area contributed by atoms with Gasteiger partial charge in [-0.3, -0.25) is 4.79 Å². The molecular weight excluding hydrogens is 411 g/mol. The Bertz CT molecular complexity index is 1110. The summed E-state index contributed by atoms with van der Waals surface area (Å²) in [5, 5.41) is 8.67. The maximum absolute atomic E-state index is 14.3. The molecule has 0 unspecified atom stereocenters. The van der Waals surface area contributed by atoms with Gasteiger partial charge in [0.05, 0.1) is 12.7 Å². The SMILES string of the molecule is CCNc1cc(Nc2ccc(NC(=O)c3cc(F)c(F)c(OC)c3F)cc2)nc(C)n1. The summed E-state index contributed by atoms with van der Waals surface area (Å²) < 4.78 is 46.0. The molecule has 0 atom stereocenters. The van der Waals surface area contributed by atoms with Crippen LogP contribution in [0.1, 0.15) is 23.1 Å². The van der Waals surface area contributed by atoms with Crippen LogP contribution in [0.2, 0.25) is 0 Å². The number of benzene rings is 2. The molecule has 0 saturated heterocycles. The lowest BCUT2D eigenvalue weighted by molar-refractivity contribution is 0.102. The normalized spacial score (nSPS) is 10.5. The van der Waals surface area contributed by atoms with E-state index in [1.165, 1.54) is 0 Å². The van der Waals surface area contributed by atoms with Crippen LogP contribution in [-0.2, 0) is 0 Å². The van der Waals surface area contributed by atoms with Crippen LogP contribution in [0.15, 0.2) is 36.4 Å². The molecule has 1 aromatic heterocycles. The van der Waals surface area contributed by atoms with Crippen molar-refractivity contribution in [3.63, 3.8) is 0 Å². The standard InChI is InChI=1S/C21H20F3N5O2/c1-4-25-16-10-17(27-11(2)26-16)28-12-5-7-13(8-6-12)29-21(30)14-9-15(22)19(24)20(31-3)18(14)23/h5-10H,4H2,1-3H3,(H,29,30)(H2,25,26,27,28). The minimum absolute atomic E-state index is 0.325. The Morgan fingerprint density at radius 1 is 1.00 bits per heavy atom. The first-order valence-electron chi connectivity index (χ1n) is 9.31. The van der Waals surface area contributed by atoms with Gasteiger partial charge in [-0.2, -0.15) is 4.39 Å². The highest BCUT2D eigenvalue weighted by atomic mass is 19.2. The van der Waals surface area contributed by atoms with E-state index in [2.05, 4.69) is 30.7 Å². The van der Waals surface area contributed by atoms with E-state index in [4.69, 9.17) is 0 Å². The quantitative estimate of drug-likeness (QED) is 0.473. The number of hydrogen-bond donors (Lipinski definition) is 3. The number of aromatic nitrogens is 2. The summed E-state index contributed by atoms with van der Waals surface area (Å²) in [6, 6.07) is 8.70. The number of carbonyl (C=O) groups excluding carboxylic acids is 1. The number of nitrogens with one attached hydrogen (secondary N) is 3. The lowest BCUT2D eigenvalue weighted by atomic mass is 10.1. The van der Waals surface area contributed by atoms with Crippen molar-refractivity contribution in [3.05, 3.63) is 65.2 Å². The average molecular weight is 431 g/mol. The Morgan fingerprint density at radius 3 is 2.29 bits per heavy atom. The molecule has 0 radical (unpaired) electrons. The van der Waals surface area contributed by atoms with Gasteiger partial charge in [0.25, 0.3) is 5.91 Å². The Balaban J connectivity index is 1.74. The Labute approximate surface area is 176 Å². The van der Waals surface area contributed by atoms with Crippen molar-refractivity contribution in [2.75, 3.05) is 29.6 Å². The van der Waals surface area contributed by atoms with E-state index in [-0.39, 0.29) is 0 Å². The number of nitrogens with zero attached hydrogens (tertiary/aromatic N) is 2. The van der Waals surface area contributed by atoms with Crippen molar-refractivity contribution >= 4 is 28.9 Å². The molecule has 3 rings (SSSR count). The van der Waals surface area contributed by atoms with Gasteiger partial charge in [0.2, 0.25) is 5.82 Å². The topological polar surface area (TPSA) is 88.2 Å². The zero-order valence-electron chi connectivity index (χ0n) is 17.0. The second kappa shape index (κ2) is 9.33. The van der Waals surface area contributed by atoms with Crippen molar-refractivity contribution in [2.24, 2.45) is 0 Å². The Kier molecular flexibility index (Phi) is 6.58. The number of methoxy groups -OCH3 is 1. The molecule has 31 heavy (non-hydrogen) atoms. The maximum atomic E-state index is 14.3. The number of hydrogen-bond acceptors (Lipinski definition) is 6. The van der Waals surface area contributed by atoms with Gasteiger partial charge in [0.15, 0.2) is 17.4 Å². The molecule has 3 N–H and O–H groups in total. The number of amides is 1. The van der Waals surface area contributed by atoms with Gasteiger partial charge < -0.3 is 20.7 Å². The molecule has 0 aliphatic rings. The van der Waals surface area contributed by atoms with Crippen LogP contribution in [0, 0.1) is 24.4 Å². The van der Waals surface area contributed by atoms with E-state index < -0.39 is 34.7 Å². The summed E-state index contributed by atoms with van der Waals surface area (Å²) in [6.45, 7) is 4.45. The van der Waals surface area contributed by atoms with Gasteiger partial charge >= 0.3 is 0 Å². The average Bonchev–Trinajstić information content (AvgIpc) is 2.72. The van der Waals surface area contributed by atoms with Crippen LogP contribution in [-0.4, -0.2) is 29.5 Å². The summed E-state index contributed by atoms with van der Waals surface area (Å²) in [5.41, 5.74) is 0.329. The van der Waals surface area contributed by atoms with E-state index in [9.17, 15) is 18.0 Å². The van der Waals surface area contributed by atoms with Crippen LogP contribution in [0.4, 0.5) is 36.2 Å². The molecule has 0 aliphatic heterocycles. The lowest BCUT2D eigenvalue weighted by Gasteiger charge is -2.12. The monoisotopic (exact) mass is 431 g/mol. The molecule has 2 aromatic carbocycles. The molecule has 0 aliphatic carbocycles. The maximum Gasteiger partial charge on any atom is 0.258 e. The zero-order chi connectivity index (χ0) is 22.5. The molecule has 0 bridgehead atoms. The van der Waals surface area contributed by atoms with Gasteiger partial charge in [-0.25, -0.2) is 18.7 Å². The highest BCUT2D eigenvalue weighted by molar-refractivity contribution is 6.04. The van der Waals surface area contributed by atoms with Crippen LogP contribution in [0.25, 0.3) is 0 Å². The number of halogens is 3. The van der Waals surface area contributed by atoms with Crippen molar-refractivity contribution in [1.29, 1.82) is 0 Å². The van der Waals surface area contributed by atoms with Crippen molar-refractivity contribution in [2.45, 2.75) is 13.8 Å². The van der Waals surface area contributed by atoms with Gasteiger partial charge in [-0.1, -0.05) is 0 Å². The number of ether oxygens (including phenoxy) is 1. The van der Waals surface area contributed by atoms with Crippen LogP contribution >= 0.6 is 0 Å². The first-order valence-corrected chi connectivity index (χ1v) is 9.31. The number of rotatable bonds is 7. The fourth-order valence-electron chi connectivity index (χ4n) is 2.81. The van der Waals surface area contributed by atoms with Crippen LogP contribution < -0.4 is 20.7 Å². The Morgan fingerprint density at radius 2 is 1.65 bits per heavy atom. The third kappa shape index (κ3) is 5.03. The third-order valence-corrected chi connectivity index (χ3v) is 4.18. The molecule has 1 heterocycles. The van der Waals surface area contributed by atoms with Crippen molar-refractivity contribution < 1.29 is 22.7 Å². The summed E-state index contributed by atoms with van der Waals surface area (Å²) in [7, 11) is 0.981. The highest BCUT2D eigenvalue weighted by Crippen LogP contribution is 2.28. The lowest BCUT2D eigenvalue weighted by Crippen LogP contribution is -2.15. The molecule has 0 saturated carbocycles. The fourth-order valence-corrected chi connectivity index (χ4v) is 2.81. The second-order valence-electron chi connectivity index (χ2n) is 6.44. The summed E-state index contributed by atoms with van der Waals surface area (Å²) in [4.78, 5) is 20.9. The third-order valence-electron chi connectivity index (χ3n) is 4.18. The largest absolute Gasteiger partial charge is 0.491 e. The minimum atomic E-state index is -1.50. The summed E-state index contributed by atoms with van der Waals surface area (Å²) in [5.74, 6) is -4.22. The van der Waals surface area contributed by atoms with Crippen molar-refractivity contribution in [1.82, 2.24) is 9.97 Å².